The molecule has 1 saturated heterocycles. The van der Waals surface area contributed by atoms with Crippen LogP contribution in [0.15, 0.2) is 42.6 Å². The van der Waals surface area contributed by atoms with Gasteiger partial charge in [0, 0.05) is 31.4 Å². The van der Waals surface area contributed by atoms with Gasteiger partial charge in [-0.15, -0.1) is 10.2 Å². The van der Waals surface area contributed by atoms with E-state index in [2.05, 4.69) is 15.5 Å². The smallest absolute Gasteiger partial charge is 0.253 e. The number of aromatic nitrogens is 3. The van der Waals surface area contributed by atoms with Crippen molar-refractivity contribution in [2.45, 2.75) is 39.3 Å². The molecule has 0 saturated carbocycles. The molecule has 0 aliphatic carbocycles. The molecule has 31 heavy (non-hydrogen) atoms. The zero-order valence-electron chi connectivity index (χ0n) is 17.8. The van der Waals surface area contributed by atoms with Crippen LogP contribution in [0, 0.1) is 5.92 Å². The van der Waals surface area contributed by atoms with E-state index in [-0.39, 0.29) is 17.7 Å². The predicted molar refractivity (Wildman–Crippen MR) is 116 cm³/mol. The van der Waals surface area contributed by atoms with E-state index in [1.807, 2.05) is 43.0 Å². The number of hydrogen-bond acceptors (Lipinski definition) is 5. The molecule has 3 heterocycles. The van der Waals surface area contributed by atoms with Crippen molar-refractivity contribution in [1.29, 1.82) is 0 Å². The summed E-state index contributed by atoms with van der Waals surface area (Å²) >= 11 is 0. The maximum absolute atomic E-state index is 12.7. The minimum Gasteiger partial charge on any atom is -0.385 e. The van der Waals surface area contributed by atoms with Gasteiger partial charge in [-0.3, -0.25) is 14.0 Å². The van der Waals surface area contributed by atoms with Crippen molar-refractivity contribution < 1.29 is 14.7 Å². The second-order valence-electron chi connectivity index (χ2n) is 8.27. The first kappa shape index (κ1) is 21.0. The number of nitrogens with zero attached hydrogens (tertiary/aromatic N) is 4. The summed E-state index contributed by atoms with van der Waals surface area (Å²) in [7, 11) is 0. The summed E-state index contributed by atoms with van der Waals surface area (Å²) in [4.78, 5) is 27.0. The second kappa shape index (κ2) is 8.85. The molecule has 1 aromatic carbocycles. The van der Waals surface area contributed by atoms with E-state index < -0.39 is 6.10 Å². The molecular formula is C23H27N5O3. The van der Waals surface area contributed by atoms with Crippen molar-refractivity contribution in [3.05, 3.63) is 65.1 Å². The van der Waals surface area contributed by atoms with Gasteiger partial charge in [0.05, 0.1) is 5.56 Å². The number of nitrogens with one attached hydrogen (secondary N) is 1. The topological polar surface area (TPSA) is 99.8 Å². The monoisotopic (exact) mass is 421 g/mol. The van der Waals surface area contributed by atoms with E-state index in [0.29, 0.717) is 29.1 Å². The van der Waals surface area contributed by atoms with Crippen molar-refractivity contribution in [1.82, 2.24) is 24.8 Å². The molecule has 8 nitrogen and oxygen atoms in total. The number of aliphatic hydroxyl groups is 1. The first-order valence-corrected chi connectivity index (χ1v) is 10.6. The standard InChI is InChI=1S/C23H27N5O3/c1-15(2)20(29)21-26-25-19-10-9-18(14-28(19)21)22(30)24-13-16-5-7-17(8-6-16)23(31)27-11-3-4-12-27/h5-10,14-15,20,29H,3-4,11-13H2,1-2H3,(H,24,30). The van der Waals surface area contributed by atoms with Gasteiger partial charge in [-0.1, -0.05) is 26.0 Å². The number of carbonyl (C=O) groups excluding carboxylic acids is 2. The molecule has 0 radical (unpaired) electrons. The first-order chi connectivity index (χ1) is 14.9. The first-order valence-electron chi connectivity index (χ1n) is 10.6. The molecule has 0 spiro atoms. The van der Waals surface area contributed by atoms with Gasteiger partial charge in [-0.2, -0.15) is 0 Å². The second-order valence-corrected chi connectivity index (χ2v) is 8.27. The minimum absolute atomic E-state index is 0.0230. The Bertz CT molecular complexity index is 1080. The zero-order valence-corrected chi connectivity index (χ0v) is 17.8. The Morgan fingerprint density at radius 1 is 1.03 bits per heavy atom. The third-order valence-corrected chi connectivity index (χ3v) is 5.63. The van der Waals surface area contributed by atoms with Crippen molar-refractivity contribution in [3.63, 3.8) is 0 Å². The number of amides is 2. The Hall–Kier alpha value is -3.26. The van der Waals surface area contributed by atoms with Crippen molar-refractivity contribution in [2.24, 2.45) is 5.92 Å². The lowest BCUT2D eigenvalue weighted by molar-refractivity contribution is 0.0792. The summed E-state index contributed by atoms with van der Waals surface area (Å²) < 4.78 is 1.65. The summed E-state index contributed by atoms with van der Waals surface area (Å²) in [5.74, 6) is 0.218. The third kappa shape index (κ3) is 4.44. The molecule has 1 atom stereocenters. The van der Waals surface area contributed by atoms with Crippen molar-refractivity contribution in [2.75, 3.05) is 13.1 Å². The molecule has 1 unspecified atom stereocenters. The van der Waals surface area contributed by atoms with Crippen LogP contribution in [0.25, 0.3) is 5.65 Å². The molecule has 1 fully saturated rings. The molecule has 162 valence electrons. The van der Waals surface area contributed by atoms with E-state index >= 15 is 0 Å². The molecular weight excluding hydrogens is 394 g/mol. The van der Waals surface area contributed by atoms with Crippen LogP contribution in [0.3, 0.4) is 0 Å². The highest BCUT2D eigenvalue weighted by Crippen LogP contribution is 2.20. The van der Waals surface area contributed by atoms with Crippen molar-refractivity contribution in [3.8, 4) is 0 Å². The zero-order chi connectivity index (χ0) is 22.0. The highest BCUT2D eigenvalue weighted by Gasteiger charge is 2.20. The molecule has 1 aliphatic heterocycles. The normalized spacial score (nSPS) is 14.9. The van der Waals surface area contributed by atoms with Gasteiger partial charge in [-0.25, -0.2) is 0 Å². The van der Waals surface area contributed by atoms with Crippen LogP contribution in [-0.4, -0.2) is 49.5 Å². The molecule has 2 N–H and O–H groups in total. The van der Waals surface area contributed by atoms with Gasteiger partial charge in [-0.05, 0) is 48.6 Å². The lowest BCUT2D eigenvalue weighted by Crippen LogP contribution is -2.27. The fourth-order valence-electron chi connectivity index (χ4n) is 3.70. The van der Waals surface area contributed by atoms with Crippen LogP contribution >= 0.6 is 0 Å². The van der Waals surface area contributed by atoms with Gasteiger partial charge in [0.15, 0.2) is 11.5 Å². The lowest BCUT2D eigenvalue weighted by atomic mass is 10.1. The minimum atomic E-state index is -0.768. The van der Waals surface area contributed by atoms with E-state index in [1.54, 1.807) is 22.7 Å². The largest absolute Gasteiger partial charge is 0.385 e. The number of pyridine rings is 1. The molecule has 0 bridgehead atoms. The highest BCUT2D eigenvalue weighted by molar-refractivity contribution is 5.95. The van der Waals surface area contributed by atoms with E-state index in [4.69, 9.17) is 0 Å². The van der Waals surface area contributed by atoms with E-state index in [9.17, 15) is 14.7 Å². The Morgan fingerprint density at radius 3 is 2.39 bits per heavy atom. The highest BCUT2D eigenvalue weighted by atomic mass is 16.3. The number of aliphatic hydroxyl groups excluding tert-OH is 1. The molecule has 8 heteroatoms. The van der Waals surface area contributed by atoms with E-state index in [0.717, 1.165) is 31.5 Å². The van der Waals surface area contributed by atoms with Crippen molar-refractivity contribution >= 4 is 17.5 Å². The van der Waals surface area contributed by atoms with Crippen LogP contribution in [0.2, 0.25) is 0 Å². The van der Waals surface area contributed by atoms with Crippen LogP contribution in [-0.2, 0) is 6.54 Å². The number of likely N-dealkylation sites (tertiary alicyclic amines) is 1. The van der Waals surface area contributed by atoms with Gasteiger partial charge >= 0.3 is 0 Å². The molecule has 1 aliphatic rings. The van der Waals surface area contributed by atoms with E-state index in [1.165, 1.54) is 0 Å². The average Bonchev–Trinajstić information content (AvgIpc) is 3.46. The Balaban J connectivity index is 1.42. The fraction of sp³-hybridized carbons (Fsp3) is 0.391. The Labute approximate surface area is 180 Å². The van der Waals surface area contributed by atoms with Crippen LogP contribution in [0.1, 0.15) is 64.9 Å². The SMILES string of the molecule is CC(C)C(O)c1nnc2ccc(C(=O)NCc3ccc(C(=O)N4CCCC4)cc3)cn12. The van der Waals surface area contributed by atoms with Crippen LogP contribution in [0.4, 0.5) is 0 Å². The summed E-state index contributed by atoms with van der Waals surface area (Å²) in [5.41, 5.74) is 2.61. The van der Waals surface area contributed by atoms with Crippen LogP contribution in [0.5, 0.6) is 0 Å². The summed E-state index contributed by atoms with van der Waals surface area (Å²) in [6, 6.07) is 10.7. The molecule has 4 rings (SSSR count). The maximum Gasteiger partial charge on any atom is 0.253 e. The average molecular weight is 422 g/mol. The predicted octanol–water partition coefficient (Wildman–Crippen LogP) is 2.58. The molecule has 2 aromatic heterocycles. The van der Waals surface area contributed by atoms with Gasteiger partial charge in [0.1, 0.15) is 6.10 Å². The summed E-state index contributed by atoms with van der Waals surface area (Å²) in [6.45, 7) is 5.78. The summed E-state index contributed by atoms with van der Waals surface area (Å²) in [6.07, 6.45) is 3.00. The number of hydrogen-bond donors (Lipinski definition) is 2. The molecule has 2 amide bonds. The van der Waals surface area contributed by atoms with Gasteiger partial charge < -0.3 is 15.3 Å². The lowest BCUT2D eigenvalue weighted by Gasteiger charge is -2.15. The molecule has 3 aromatic rings. The number of carbonyl (C=O) groups is 2. The number of benzene rings is 1. The quantitative estimate of drug-likeness (QED) is 0.637. The third-order valence-electron chi connectivity index (χ3n) is 5.63. The van der Waals surface area contributed by atoms with Crippen LogP contribution < -0.4 is 5.32 Å². The maximum atomic E-state index is 12.7. The fourth-order valence-corrected chi connectivity index (χ4v) is 3.70. The number of fused-ring (bicyclic) bond motifs is 1. The van der Waals surface area contributed by atoms with Gasteiger partial charge in [0.25, 0.3) is 11.8 Å². The summed E-state index contributed by atoms with van der Waals surface area (Å²) in [5, 5.41) is 21.4. The Morgan fingerprint density at radius 2 is 1.71 bits per heavy atom. The number of rotatable bonds is 6. The Kier molecular flexibility index (Phi) is 5.99. The van der Waals surface area contributed by atoms with Gasteiger partial charge in [0.2, 0.25) is 0 Å².